The Bertz CT molecular complexity index is 599. The summed E-state index contributed by atoms with van der Waals surface area (Å²) in [6.45, 7) is 8.67. The highest BCUT2D eigenvalue weighted by molar-refractivity contribution is 7.89. The number of nitrogens with zero attached hydrogens (tertiary/aromatic N) is 2. The van der Waals surface area contributed by atoms with Gasteiger partial charge in [0.1, 0.15) is 0 Å². The van der Waals surface area contributed by atoms with E-state index in [0.29, 0.717) is 17.4 Å². The van der Waals surface area contributed by atoms with Crippen molar-refractivity contribution in [3.63, 3.8) is 0 Å². The third-order valence-electron chi connectivity index (χ3n) is 4.04. The number of rotatable bonds is 4. The Balaban J connectivity index is 2.27. The van der Waals surface area contributed by atoms with Crippen molar-refractivity contribution >= 4 is 10.0 Å². The van der Waals surface area contributed by atoms with Gasteiger partial charge in [0.05, 0.1) is 4.90 Å². The number of likely N-dealkylation sites (tertiary alicyclic amines) is 1. The van der Waals surface area contributed by atoms with Crippen LogP contribution in [0, 0.1) is 5.92 Å². The topological polar surface area (TPSA) is 40.6 Å². The maximum Gasteiger partial charge on any atom is 0.243 e. The lowest BCUT2D eigenvalue weighted by molar-refractivity contribution is 0.119. The molecule has 0 amide bonds. The van der Waals surface area contributed by atoms with Crippen LogP contribution in [0.4, 0.5) is 0 Å². The average molecular weight is 310 g/mol. The summed E-state index contributed by atoms with van der Waals surface area (Å²) in [5.74, 6) is 0.441. The molecule has 1 heterocycles. The van der Waals surface area contributed by atoms with Crippen LogP contribution in [0.5, 0.6) is 0 Å². The van der Waals surface area contributed by atoms with Gasteiger partial charge in [0.2, 0.25) is 10.0 Å². The van der Waals surface area contributed by atoms with Crippen molar-refractivity contribution in [3.8, 4) is 0 Å². The van der Waals surface area contributed by atoms with Crippen LogP contribution in [0.15, 0.2) is 29.2 Å². The predicted octanol–water partition coefficient (Wildman–Crippen LogP) is 2.17. The molecule has 1 aliphatic heterocycles. The summed E-state index contributed by atoms with van der Waals surface area (Å²) in [5, 5.41) is 0. The monoisotopic (exact) mass is 310 g/mol. The molecule has 1 saturated heterocycles. The molecule has 4 nitrogen and oxygen atoms in total. The van der Waals surface area contributed by atoms with E-state index in [9.17, 15) is 8.42 Å². The molecule has 5 heteroatoms. The van der Waals surface area contributed by atoms with E-state index in [1.165, 1.54) is 4.31 Å². The molecule has 0 bridgehead atoms. The quantitative estimate of drug-likeness (QED) is 0.856. The lowest BCUT2D eigenvalue weighted by Gasteiger charge is -2.38. The Morgan fingerprint density at radius 3 is 2.33 bits per heavy atom. The summed E-state index contributed by atoms with van der Waals surface area (Å²) in [6.07, 6.45) is 0. The number of benzene rings is 1. The fourth-order valence-corrected chi connectivity index (χ4v) is 4.53. The average Bonchev–Trinajstić information content (AvgIpc) is 2.35. The first kappa shape index (κ1) is 16.5. The van der Waals surface area contributed by atoms with Crippen molar-refractivity contribution in [2.24, 2.45) is 5.92 Å². The number of hydrogen-bond acceptors (Lipinski definition) is 3. The van der Waals surface area contributed by atoms with Crippen LogP contribution in [-0.4, -0.2) is 51.4 Å². The van der Waals surface area contributed by atoms with Gasteiger partial charge in [0, 0.05) is 26.7 Å². The normalized spacial score (nSPS) is 18.0. The molecule has 0 N–H and O–H groups in total. The highest BCUT2D eigenvalue weighted by atomic mass is 32.2. The molecule has 0 atom stereocenters. The van der Waals surface area contributed by atoms with E-state index in [1.54, 1.807) is 19.2 Å². The molecule has 0 saturated carbocycles. The van der Waals surface area contributed by atoms with Crippen molar-refractivity contribution in [1.82, 2.24) is 9.21 Å². The maximum atomic E-state index is 12.9. The van der Waals surface area contributed by atoms with Crippen molar-refractivity contribution in [3.05, 3.63) is 29.8 Å². The molecule has 2 rings (SSSR count). The molecule has 118 valence electrons. The van der Waals surface area contributed by atoms with Crippen molar-refractivity contribution in [2.75, 3.05) is 33.7 Å². The second-order valence-corrected chi connectivity index (χ2v) is 9.13. The lowest BCUT2D eigenvalue weighted by atomic mass is 9.87. The lowest BCUT2D eigenvalue weighted by Crippen LogP contribution is -2.49. The zero-order valence-corrected chi connectivity index (χ0v) is 14.4. The third kappa shape index (κ3) is 3.47. The molecule has 21 heavy (non-hydrogen) atoms. The largest absolute Gasteiger partial charge is 0.306 e. The molecule has 1 aromatic rings. The van der Waals surface area contributed by atoms with E-state index < -0.39 is 10.0 Å². The van der Waals surface area contributed by atoms with Gasteiger partial charge in [-0.05, 0) is 30.0 Å². The van der Waals surface area contributed by atoms with Crippen LogP contribution in [0.1, 0.15) is 26.3 Å². The van der Waals surface area contributed by atoms with Crippen LogP contribution < -0.4 is 0 Å². The summed E-state index contributed by atoms with van der Waals surface area (Å²) in [6, 6.07) is 7.34. The fraction of sp³-hybridized carbons (Fsp3) is 0.625. The van der Waals surface area contributed by atoms with Gasteiger partial charge in [0.25, 0.3) is 0 Å². The summed E-state index contributed by atoms with van der Waals surface area (Å²) in [4.78, 5) is 2.64. The minimum absolute atomic E-state index is 0.193. The van der Waals surface area contributed by atoms with Crippen molar-refractivity contribution in [1.29, 1.82) is 0 Å². The molecule has 0 spiro atoms. The summed E-state index contributed by atoms with van der Waals surface area (Å²) >= 11 is 0. The van der Waals surface area contributed by atoms with E-state index in [0.717, 1.165) is 18.7 Å². The Labute approximate surface area is 128 Å². The first-order valence-corrected chi connectivity index (χ1v) is 8.81. The molecule has 0 radical (unpaired) electrons. The second kappa shape index (κ2) is 5.71. The third-order valence-corrected chi connectivity index (χ3v) is 5.92. The molecular weight excluding hydrogens is 284 g/mol. The fourth-order valence-electron chi connectivity index (χ4n) is 2.88. The SMILES string of the molecule is CN1CC(CN(C)S(=O)(=O)c2ccccc2C(C)(C)C)C1. The number of hydrogen-bond donors (Lipinski definition) is 0. The van der Waals surface area contributed by atoms with Crippen LogP contribution in [0.25, 0.3) is 0 Å². The summed E-state index contributed by atoms with van der Waals surface area (Å²) in [5.41, 5.74) is 0.684. The highest BCUT2D eigenvalue weighted by Crippen LogP contribution is 2.30. The minimum Gasteiger partial charge on any atom is -0.306 e. The van der Waals surface area contributed by atoms with Gasteiger partial charge in [-0.3, -0.25) is 0 Å². The van der Waals surface area contributed by atoms with Crippen LogP contribution in [0.2, 0.25) is 0 Å². The van der Waals surface area contributed by atoms with Crippen LogP contribution in [-0.2, 0) is 15.4 Å². The second-order valence-electron chi connectivity index (χ2n) is 7.12. The van der Waals surface area contributed by atoms with Crippen molar-refractivity contribution < 1.29 is 8.42 Å². The van der Waals surface area contributed by atoms with Gasteiger partial charge in [-0.25, -0.2) is 12.7 Å². The molecular formula is C16H26N2O2S. The van der Waals surface area contributed by atoms with Crippen LogP contribution in [0.3, 0.4) is 0 Å². The van der Waals surface area contributed by atoms with Gasteiger partial charge < -0.3 is 4.90 Å². The zero-order valence-electron chi connectivity index (χ0n) is 13.6. The number of sulfonamides is 1. The standard InChI is InChI=1S/C16H26N2O2S/c1-16(2,3)14-8-6-7-9-15(14)21(19,20)18(5)12-13-10-17(4)11-13/h6-9,13H,10-12H2,1-5H3. The summed E-state index contributed by atoms with van der Waals surface area (Å²) in [7, 11) is 0.316. The maximum absolute atomic E-state index is 12.9. The molecule has 1 aliphatic rings. The van der Waals surface area contributed by atoms with Gasteiger partial charge in [-0.15, -0.1) is 0 Å². The first-order chi connectivity index (χ1) is 9.62. The zero-order chi connectivity index (χ0) is 15.8. The molecule has 0 aliphatic carbocycles. The Kier molecular flexibility index (Phi) is 4.47. The predicted molar refractivity (Wildman–Crippen MR) is 85.9 cm³/mol. The molecule has 1 aromatic carbocycles. The van der Waals surface area contributed by atoms with E-state index >= 15 is 0 Å². The first-order valence-electron chi connectivity index (χ1n) is 7.37. The molecule has 0 unspecified atom stereocenters. The highest BCUT2D eigenvalue weighted by Gasteiger charge is 2.32. The van der Waals surface area contributed by atoms with Gasteiger partial charge in [-0.1, -0.05) is 39.0 Å². The van der Waals surface area contributed by atoms with Gasteiger partial charge in [0.15, 0.2) is 0 Å². The summed E-state index contributed by atoms with van der Waals surface area (Å²) < 4.78 is 27.2. The Hall–Kier alpha value is -0.910. The molecule has 1 fully saturated rings. The van der Waals surface area contributed by atoms with E-state index in [4.69, 9.17) is 0 Å². The minimum atomic E-state index is -3.43. The Morgan fingerprint density at radius 2 is 1.81 bits per heavy atom. The molecule has 0 aromatic heterocycles. The van der Waals surface area contributed by atoms with Crippen LogP contribution >= 0.6 is 0 Å². The van der Waals surface area contributed by atoms with E-state index in [-0.39, 0.29) is 5.41 Å². The van der Waals surface area contributed by atoms with Gasteiger partial charge in [-0.2, -0.15) is 0 Å². The van der Waals surface area contributed by atoms with Gasteiger partial charge >= 0.3 is 0 Å². The van der Waals surface area contributed by atoms with Crippen molar-refractivity contribution in [2.45, 2.75) is 31.1 Å². The smallest absolute Gasteiger partial charge is 0.243 e. The van der Waals surface area contributed by atoms with E-state index in [1.807, 2.05) is 32.9 Å². The Morgan fingerprint density at radius 1 is 1.24 bits per heavy atom. The van der Waals surface area contributed by atoms with E-state index in [2.05, 4.69) is 11.9 Å².